The number of methoxy groups -OCH3 is 1. The smallest absolute Gasteiger partial charge is 0.223 e. The van der Waals surface area contributed by atoms with Gasteiger partial charge in [0, 0.05) is 12.5 Å². The maximum absolute atomic E-state index is 12.6. The summed E-state index contributed by atoms with van der Waals surface area (Å²) in [6.45, 7) is 7.34. The molecule has 1 saturated carbocycles. The molecule has 1 aliphatic rings. The van der Waals surface area contributed by atoms with Crippen molar-refractivity contribution in [1.29, 1.82) is 0 Å². The molecule has 0 saturated heterocycles. The van der Waals surface area contributed by atoms with Crippen LogP contribution in [0.3, 0.4) is 0 Å². The lowest BCUT2D eigenvalue weighted by molar-refractivity contribution is -0.132. The molecule has 1 fully saturated rings. The Kier molecular flexibility index (Phi) is 5.49. The van der Waals surface area contributed by atoms with E-state index >= 15 is 0 Å². The van der Waals surface area contributed by atoms with E-state index in [0.29, 0.717) is 12.5 Å². The van der Waals surface area contributed by atoms with Crippen LogP contribution in [0.15, 0.2) is 24.3 Å². The molecule has 1 aliphatic carbocycles. The van der Waals surface area contributed by atoms with Crippen LogP contribution in [-0.4, -0.2) is 19.6 Å². The zero-order chi connectivity index (χ0) is 16.2. The molecule has 22 heavy (non-hydrogen) atoms. The average molecular weight is 303 g/mol. The van der Waals surface area contributed by atoms with Gasteiger partial charge in [0.05, 0.1) is 7.11 Å². The third-order valence-electron chi connectivity index (χ3n) is 5.06. The number of carbonyl (C=O) groups is 1. The van der Waals surface area contributed by atoms with Crippen molar-refractivity contribution in [3.63, 3.8) is 0 Å². The number of hydrogen-bond acceptors (Lipinski definition) is 2. The minimum Gasteiger partial charge on any atom is -0.496 e. The second-order valence-electron chi connectivity index (χ2n) is 7.19. The van der Waals surface area contributed by atoms with Crippen LogP contribution in [0.2, 0.25) is 0 Å². The number of hydrogen-bond donors (Lipinski definition) is 1. The van der Waals surface area contributed by atoms with Crippen molar-refractivity contribution < 1.29 is 9.53 Å². The van der Waals surface area contributed by atoms with Crippen molar-refractivity contribution >= 4 is 5.91 Å². The predicted octanol–water partition coefficient (Wildman–Crippen LogP) is 3.82. The fourth-order valence-electron chi connectivity index (χ4n) is 3.93. The summed E-state index contributed by atoms with van der Waals surface area (Å²) in [6.07, 6.45) is 4.34. The number of para-hydroxylation sites is 1. The molecule has 2 rings (SSSR count). The zero-order valence-corrected chi connectivity index (χ0v) is 14.3. The Labute approximate surface area is 134 Å². The molecule has 0 heterocycles. The Morgan fingerprint density at radius 3 is 2.77 bits per heavy atom. The van der Waals surface area contributed by atoms with E-state index in [1.165, 1.54) is 6.42 Å². The third-order valence-corrected chi connectivity index (χ3v) is 5.06. The Morgan fingerprint density at radius 2 is 2.09 bits per heavy atom. The van der Waals surface area contributed by atoms with E-state index in [1.54, 1.807) is 7.11 Å². The second-order valence-corrected chi connectivity index (χ2v) is 7.19. The molecule has 3 nitrogen and oxygen atoms in total. The zero-order valence-electron chi connectivity index (χ0n) is 14.3. The number of nitrogens with one attached hydrogen (secondary N) is 1. The minimum absolute atomic E-state index is 0.103. The highest BCUT2D eigenvalue weighted by Gasteiger charge is 2.41. The van der Waals surface area contributed by atoms with Crippen LogP contribution in [0.25, 0.3) is 0 Å². The van der Waals surface area contributed by atoms with E-state index in [2.05, 4.69) is 32.2 Å². The average Bonchev–Trinajstić information content (AvgIpc) is 2.46. The van der Waals surface area contributed by atoms with Gasteiger partial charge in [-0.3, -0.25) is 4.79 Å². The largest absolute Gasteiger partial charge is 0.496 e. The summed E-state index contributed by atoms with van der Waals surface area (Å²) >= 11 is 0. The highest BCUT2D eigenvalue weighted by Crippen LogP contribution is 2.43. The van der Waals surface area contributed by atoms with Crippen molar-refractivity contribution in [1.82, 2.24) is 5.32 Å². The standard InChI is InChI=1S/C19H29NO2/c1-14-8-7-12-19(2,3)17(14)18(21)20-13-11-15-9-5-6-10-16(15)22-4/h5-6,9-10,14,17H,7-8,11-13H2,1-4H3,(H,20,21)/t14-,17?/m0/s1. The van der Waals surface area contributed by atoms with Crippen LogP contribution < -0.4 is 10.1 Å². The number of benzene rings is 1. The molecule has 3 heteroatoms. The van der Waals surface area contributed by atoms with Crippen molar-refractivity contribution in [2.45, 2.75) is 46.5 Å². The molecule has 1 unspecified atom stereocenters. The molecule has 1 aromatic rings. The maximum Gasteiger partial charge on any atom is 0.223 e. The van der Waals surface area contributed by atoms with Gasteiger partial charge in [-0.1, -0.05) is 45.4 Å². The molecule has 0 aliphatic heterocycles. The Balaban J connectivity index is 1.92. The van der Waals surface area contributed by atoms with Gasteiger partial charge in [0.2, 0.25) is 5.91 Å². The summed E-state index contributed by atoms with van der Waals surface area (Å²) in [5, 5.41) is 3.14. The topological polar surface area (TPSA) is 38.3 Å². The summed E-state index contributed by atoms with van der Waals surface area (Å²) in [5.41, 5.74) is 1.24. The molecule has 1 aromatic carbocycles. The van der Waals surface area contributed by atoms with Gasteiger partial charge < -0.3 is 10.1 Å². The van der Waals surface area contributed by atoms with E-state index in [0.717, 1.165) is 30.6 Å². The van der Waals surface area contributed by atoms with E-state index in [4.69, 9.17) is 4.74 Å². The number of rotatable bonds is 5. The molecule has 1 N–H and O–H groups in total. The summed E-state index contributed by atoms with van der Waals surface area (Å²) in [5.74, 6) is 1.70. The molecular weight excluding hydrogens is 274 g/mol. The van der Waals surface area contributed by atoms with Crippen molar-refractivity contribution in [2.24, 2.45) is 17.3 Å². The molecule has 2 atom stereocenters. The molecular formula is C19H29NO2. The molecule has 1 amide bonds. The van der Waals surface area contributed by atoms with Crippen LogP contribution >= 0.6 is 0 Å². The first-order valence-electron chi connectivity index (χ1n) is 8.35. The van der Waals surface area contributed by atoms with Gasteiger partial charge in [0.25, 0.3) is 0 Å². The van der Waals surface area contributed by atoms with Crippen molar-refractivity contribution in [3.05, 3.63) is 29.8 Å². The Bertz CT molecular complexity index is 510. The third kappa shape index (κ3) is 3.82. The quantitative estimate of drug-likeness (QED) is 0.898. The van der Waals surface area contributed by atoms with Gasteiger partial charge in [-0.2, -0.15) is 0 Å². The van der Waals surface area contributed by atoms with Gasteiger partial charge in [0.15, 0.2) is 0 Å². The van der Waals surface area contributed by atoms with Gasteiger partial charge in [-0.25, -0.2) is 0 Å². The van der Waals surface area contributed by atoms with Crippen LogP contribution in [0.1, 0.15) is 45.6 Å². The van der Waals surface area contributed by atoms with Crippen LogP contribution in [0.4, 0.5) is 0 Å². The van der Waals surface area contributed by atoms with Gasteiger partial charge in [-0.05, 0) is 42.2 Å². The highest BCUT2D eigenvalue weighted by atomic mass is 16.5. The molecule has 0 aromatic heterocycles. The summed E-state index contributed by atoms with van der Waals surface area (Å²) in [4.78, 5) is 12.6. The maximum atomic E-state index is 12.6. The summed E-state index contributed by atoms with van der Waals surface area (Å²) < 4.78 is 5.36. The molecule has 0 radical (unpaired) electrons. The van der Waals surface area contributed by atoms with Crippen LogP contribution in [0.5, 0.6) is 5.75 Å². The lowest BCUT2D eigenvalue weighted by atomic mass is 9.64. The number of carbonyl (C=O) groups excluding carboxylic acids is 1. The van der Waals surface area contributed by atoms with Gasteiger partial charge in [0.1, 0.15) is 5.75 Å². The molecule has 0 bridgehead atoms. The first kappa shape index (κ1) is 16.9. The summed E-state index contributed by atoms with van der Waals surface area (Å²) in [6, 6.07) is 7.99. The lowest BCUT2D eigenvalue weighted by Gasteiger charge is -2.41. The normalized spacial score (nSPS) is 23.8. The fourth-order valence-corrected chi connectivity index (χ4v) is 3.93. The number of ether oxygens (including phenoxy) is 1. The SMILES string of the molecule is COc1ccccc1CCNC(=O)C1[C@@H](C)CCCC1(C)C. The fraction of sp³-hybridized carbons (Fsp3) is 0.632. The second kappa shape index (κ2) is 7.17. The van der Waals surface area contributed by atoms with Crippen LogP contribution in [-0.2, 0) is 11.2 Å². The molecule has 0 spiro atoms. The van der Waals surface area contributed by atoms with Crippen molar-refractivity contribution in [2.75, 3.05) is 13.7 Å². The van der Waals surface area contributed by atoms with Crippen LogP contribution in [0, 0.1) is 17.3 Å². The van der Waals surface area contributed by atoms with E-state index in [-0.39, 0.29) is 17.2 Å². The Morgan fingerprint density at radius 1 is 1.36 bits per heavy atom. The lowest BCUT2D eigenvalue weighted by Crippen LogP contribution is -2.45. The van der Waals surface area contributed by atoms with Crippen molar-refractivity contribution in [3.8, 4) is 5.75 Å². The number of amides is 1. The predicted molar refractivity (Wildman–Crippen MR) is 90.0 cm³/mol. The first-order valence-corrected chi connectivity index (χ1v) is 8.35. The highest BCUT2D eigenvalue weighted by molar-refractivity contribution is 5.79. The summed E-state index contributed by atoms with van der Waals surface area (Å²) in [7, 11) is 1.68. The van der Waals surface area contributed by atoms with E-state index < -0.39 is 0 Å². The van der Waals surface area contributed by atoms with E-state index in [1.807, 2.05) is 18.2 Å². The minimum atomic E-state index is 0.103. The Hall–Kier alpha value is -1.51. The van der Waals surface area contributed by atoms with E-state index in [9.17, 15) is 4.79 Å². The molecule has 122 valence electrons. The first-order chi connectivity index (χ1) is 10.5. The van der Waals surface area contributed by atoms with Gasteiger partial charge >= 0.3 is 0 Å². The monoisotopic (exact) mass is 303 g/mol. The van der Waals surface area contributed by atoms with Gasteiger partial charge in [-0.15, -0.1) is 0 Å².